The molecule has 0 radical (unpaired) electrons. The van der Waals surface area contributed by atoms with Gasteiger partial charge in [0.15, 0.2) is 9.84 Å². The molecule has 1 aliphatic heterocycles. The average molecular weight is 483 g/mol. The third-order valence-electron chi connectivity index (χ3n) is 5.10. The zero-order chi connectivity index (χ0) is 23.9. The quantitative estimate of drug-likeness (QED) is 0.651. The second-order valence-electron chi connectivity index (χ2n) is 9.42. The first kappa shape index (κ1) is 24.4. The Bertz CT molecular complexity index is 1230. The normalized spacial score (nSPS) is 18.8. The number of rotatable bonds is 6. The Morgan fingerprint density at radius 1 is 1.22 bits per heavy atom. The number of sulfonamides is 1. The summed E-state index contributed by atoms with van der Waals surface area (Å²) in [6, 6.07) is 6.85. The van der Waals surface area contributed by atoms with Crippen molar-refractivity contribution in [1.82, 2.24) is 14.5 Å². The maximum Gasteiger partial charge on any atom is 0.256 e. The molecule has 0 spiro atoms. The van der Waals surface area contributed by atoms with E-state index in [0.717, 1.165) is 5.69 Å². The van der Waals surface area contributed by atoms with Crippen LogP contribution in [0.3, 0.4) is 0 Å². The molecule has 3 rings (SSSR count). The third kappa shape index (κ3) is 5.57. The van der Waals surface area contributed by atoms with E-state index in [-0.39, 0.29) is 39.5 Å². The van der Waals surface area contributed by atoms with Crippen LogP contribution in [-0.2, 0) is 25.3 Å². The van der Waals surface area contributed by atoms with Gasteiger partial charge in [-0.3, -0.25) is 4.79 Å². The number of nitrogens with zero attached hydrogens (tertiary/aromatic N) is 2. The predicted octanol–water partition coefficient (Wildman–Crippen LogP) is 2.48. The number of aromatic nitrogens is 2. The van der Waals surface area contributed by atoms with Crippen LogP contribution >= 0.6 is 0 Å². The van der Waals surface area contributed by atoms with Gasteiger partial charge in [-0.1, -0.05) is 26.8 Å². The maximum absolute atomic E-state index is 13.0. The summed E-state index contributed by atoms with van der Waals surface area (Å²) in [5.41, 5.74) is 0.578. The molecule has 0 saturated carbocycles. The predicted molar refractivity (Wildman–Crippen MR) is 123 cm³/mol. The summed E-state index contributed by atoms with van der Waals surface area (Å²) >= 11 is 0. The Morgan fingerprint density at radius 3 is 2.47 bits per heavy atom. The number of carbonyl (C=O) groups is 1. The van der Waals surface area contributed by atoms with Crippen LogP contribution in [0, 0.1) is 0 Å². The first-order valence-electron chi connectivity index (χ1n) is 10.4. The molecule has 0 bridgehead atoms. The van der Waals surface area contributed by atoms with Crippen molar-refractivity contribution in [3.63, 3.8) is 0 Å². The van der Waals surface area contributed by atoms with Gasteiger partial charge in [-0.15, -0.1) is 0 Å². The fraction of sp³-hybridized carbons (Fsp3) is 0.524. The van der Waals surface area contributed by atoms with Crippen molar-refractivity contribution in [1.29, 1.82) is 0 Å². The van der Waals surface area contributed by atoms with E-state index in [9.17, 15) is 21.6 Å². The highest BCUT2D eigenvalue weighted by Gasteiger charge is 2.33. The molecule has 2 aromatic rings. The molecule has 1 fully saturated rings. The van der Waals surface area contributed by atoms with E-state index in [1.165, 1.54) is 24.3 Å². The molecular formula is C21H30N4O5S2. The minimum absolute atomic E-state index is 0.00961. The standard InChI is InChI=1S/C21H30N4O5S2/c1-14(2)24-32(29,30)17-8-6-7-15(11-17)20(26)22-19-12-18(21(3,4)5)23-25(19)16-9-10-31(27,28)13-16/h6-8,11-12,14,16,24H,9-10,13H2,1-5H3,(H,22,26)/t16-/m1/s1. The Balaban J connectivity index is 1.93. The maximum atomic E-state index is 13.0. The van der Waals surface area contributed by atoms with E-state index in [1.807, 2.05) is 20.8 Å². The molecule has 2 N–H and O–H groups in total. The zero-order valence-corrected chi connectivity index (χ0v) is 20.5. The van der Waals surface area contributed by atoms with Crippen LogP contribution in [0.25, 0.3) is 0 Å². The zero-order valence-electron chi connectivity index (χ0n) is 18.9. The lowest BCUT2D eigenvalue weighted by molar-refractivity contribution is 0.102. The van der Waals surface area contributed by atoms with Gasteiger partial charge >= 0.3 is 0 Å². The number of nitrogens with one attached hydrogen (secondary N) is 2. The van der Waals surface area contributed by atoms with Gasteiger partial charge in [0.1, 0.15) is 5.82 Å². The highest BCUT2D eigenvalue weighted by atomic mass is 32.2. The topological polar surface area (TPSA) is 127 Å². The van der Waals surface area contributed by atoms with E-state index in [0.29, 0.717) is 12.2 Å². The van der Waals surface area contributed by atoms with E-state index in [2.05, 4.69) is 15.1 Å². The van der Waals surface area contributed by atoms with Gasteiger partial charge in [0.05, 0.1) is 28.1 Å². The lowest BCUT2D eigenvalue weighted by Gasteiger charge is -2.16. The Hall–Kier alpha value is -2.24. The molecule has 1 aromatic carbocycles. The molecule has 32 heavy (non-hydrogen) atoms. The Morgan fingerprint density at radius 2 is 1.91 bits per heavy atom. The van der Waals surface area contributed by atoms with Crippen LogP contribution < -0.4 is 10.0 Å². The van der Waals surface area contributed by atoms with Gasteiger partial charge in [-0.05, 0) is 38.5 Å². The molecule has 0 aliphatic carbocycles. The second kappa shape index (κ2) is 8.60. The summed E-state index contributed by atoms with van der Waals surface area (Å²) in [7, 11) is -6.90. The minimum atomic E-state index is -3.75. The van der Waals surface area contributed by atoms with Crippen LogP contribution in [0.1, 0.15) is 63.1 Å². The van der Waals surface area contributed by atoms with Gasteiger partial charge in [0.25, 0.3) is 5.91 Å². The number of hydrogen-bond acceptors (Lipinski definition) is 6. The highest BCUT2D eigenvalue weighted by Crippen LogP contribution is 2.31. The summed E-state index contributed by atoms with van der Waals surface area (Å²) in [4.78, 5) is 13.0. The molecule has 0 unspecified atom stereocenters. The summed E-state index contributed by atoms with van der Waals surface area (Å²) in [6.45, 7) is 9.36. The second-order valence-corrected chi connectivity index (χ2v) is 13.4. The van der Waals surface area contributed by atoms with Crippen molar-refractivity contribution in [3.8, 4) is 0 Å². The smallest absolute Gasteiger partial charge is 0.256 e. The molecule has 1 amide bonds. The van der Waals surface area contributed by atoms with Crippen molar-refractivity contribution in [2.75, 3.05) is 16.8 Å². The molecule has 1 aromatic heterocycles. The molecule has 1 saturated heterocycles. The van der Waals surface area contributed by atoms with Crippen LogP contribution in [0.2, 0.25) is 0 Å². The van der Waals surface area contributed by atoms with Gasteiger partial charge in [0.2, 0.25) is 10.0 Å². The number of benzene rings is 1. The lowest BCUT2D eigenvalue weighted by Crippen LogP contribution is -2.30. The summed E-state index contributed by atoms with van der Waals surface area (Å²) in [5.74, 6) is -0.0708. The summed E-state index contributed by atoms with van der Waals surface area (Å²) in [5, 5.41) is 7.39. The van der Waals surface area contributed by atoms with Crippen LogP contribution in [0.4, 0.5) is 5.82 Å². The molecular weight excluding hydrogens is 452 g/mol. The van der Waals surface area contributed by atoms with E-state index in [4.69, 9.17) is 0 Å². The molecule has 1 aliphatic rings. The van der Waals surface area contributed by atoms with Crippen molar-refractivity contribution in [2.24, 2.45) is 0 Å². The number of anilines is 1. The van der Waals surface area contributed by atoms with Crippen molar-refractivity contribution >= 4 is 31.6 Å². The minimum Gasteiger partial charge on any atom is -0.307 e. The van der Waals surface area contributed by atoms with E-state index >= 15 is 0 Å². The first-order valence-corrected chi connectivity index (χ1v) is 13.7. The molecule has 2 heterocycles. The fourth-order valence-corrected chi connectivity index (χ4v) is 6.46. The van der Waals surface area contributed by atoms with Crippen LogP contribution in [-0.4, -0.2) is 50.1 Å². The molecule has 1 atom stereocenters. The van der Waals surface area contributed by atoms with Crippen molar-refractivity contribution in [3.05, 3.63) is 41.6 Å². The highest BCUT2D eigenvalue weighted by molar-refractivity contribution is 7.91. The number of hydrogen-bond donors (Lipinski definition) is 2. The largest absolute Gasteiger partial charge is 0.307 e. The monoisotopic (exact) mass is 482 g/mol. The van der Waals surface area contributed by atoms with Crippen molar-refractivity contribution < 1.29 is 21.6 Å². The summed E-state index contributed by atoms with van der Waals surface area (Å²) < 4.78 is 53.0. The Kier molecular flexibility index (Phi) is 6.56. The van der Waals surface area contributed by atoms with E-state index in [1.54, 1.807) is 24.6 Å². The first-order chi connectivity index (χ1) is 14.7. The van der Waals surface area contributed by atoms with Crippen LogP contribution in [0.15, 0.2) is 35.2 Å². The van der Waals surface area contributed by atoms with Gasteiger partial charge in [-0.25, -0.2) is 26.2 Å². The molecule has 11 heteroatoms. The average Bonchev–Trinajstić information content (AvgIpc) is 3.23. The number of sulfone groups is 1. The Labute approximate surface area is 189 Å². The lowest BCUT2D eigenvalue weighted by atomic mass is 9.92. The van der Waals surface area contributed by atoms with E-state index < -0.39 is 25.8 Å². The molecule has 9 nitrogen and oxygen atoms in total. The van der Waals surface area contributed by atoms with Crippen molar-refractivity contribution in [2.45, 2.75) is 63.4 Å². The van der Waals surface area contributed by atoms with Gasteiger partial charge in [0, 0.05) is 23.1 Å². The number of carbonyl (C=O) groups excluding carboxylic acids is 1. The number of amides is 1. The fourth-order valence-electron chi connectivity index (χ4n) is 3.47. The SMILES string of the molecule is CC(C)NS(=O)(=O)c1cccc(C(=O)Nc2cc(C(C)(C)C)nn2[C@@H]2CCS(=O)(=O)C2)c1. The van der Waals surface area contributed by atoms with Gasteiger partial charge < -0.3 is 5.32 Å². The third-order valence-corrected chi connectivity index (χ3v) is 8.50. The van der Waals surface area contributed by atoms with Gasteiger partial charge in [-0.2, -0.15) is 5.10 Å². The summed E-state index contributed by atoms with van der Waals surface area (Å²) in [6.07, 6.45) is 0.422. The van der Waals surface area contributed by atoms with Crippen LogP contribution in [0.5, 0.6) is 0 Å². The molecule has 176 valence electrons.